The van der Waals surface area contributed by atoms with Crippen LogP contribution in [0.5, 0.6) is 11.5 Å². The number of amides is 2. The molecule has 0 radical (unpaired) electrons. The summed E-state index contributed by atoms with van der Waals surface area (Å²) in [5.74, 6) is 4.49. The monoisotopic (exact) mass is 611 g/mol. The van der Waals surface area contributed by atoms with Crippen molar-refractivity contribution in [2.24, 2.45) is 0 Å². The fourth-order valence-electron chi connectivity index (χ4n) is 4.79. The molecule has 0 bridgehead atoms. The molecule has 0 unspecified atom stereocenters. The van der Waals surface area contributed by atoms with Crippen LogP contribution in [0.25, 0.3) is 10.9 Å². The van der Waals surface area contributed by atoms with Crippen LogP contribution in [0.15, 0.2) is 67.0 Å². The molecule has 1 aromatic heterocycles. The number of ether oxygens (including phenoxy) is 4. The summed E-state index contributed by atoms with van der Waals surface area (Å²) >= 11 is 0. The molecule has 4 rings (SSSR count). The van der Waals surface area contributed by atoms with Gasteiger partial charge in [-0.2, -0.15) is 0 Å². The van der Waals surface area contributed by atoms with E-state index in [2.05, 4.69) is 33.4 Å². The third-order valence-electron chi connectivity index (χ3n) is 7.00. The van der Waals surface area contributed by atoms with Gasteiger partial charge in [0.05, 0.1) is 18.7 Å². The number of methoxy groups -OCH3 is 2. The number of rotatable bonds is 16. The predicted octanol–water partition coefficient (Wildman–Crippen LogP) is 6.31. The Hall–Kier alpha value is -4.85. The fourth-order valence-corrected chi connectivity index (χ4v) is 4.79. The number of nitrogens with zero attached hydrogens (tertiary/aromatic N) is 3. The first kappa shape index (κ1) is 33.1. The zero-order chi connectivity index (χ0) is 32.0. The number of hydrogen-bond acceptors (Lipinski definition) is 8. The van der Waals surface area contributed by atoms with Crippen molar-refractivity contribution in [3.8, 4) is 23.8 Å². The van der Waals surface area contributed by atoms with Gasteiger partial charge in [-0.1, -0.05) is 37.5 Å². The first-order valence-corrected chi connectivity index (χ1v) is 15.0. The molecule has 3 aromatic carbocycles. The van der Waals surface area contributed by atoms with Gasteiger partial charge >= 0.3 is 6.03 Å². The Kier molecular flexibility index (Phi) is 12.4. The van der Waals surface area contributed by atoms with Gasteiger partial charge < -0.3 is 34.5 Å². The molecule has 236 valence electrons. The summed E-state index contributed by atoms with van der Waals surface area (Å²) in [6, 6.07) is 19.1. The summed E-state index contributed by atoms with van der Waals surface area (Å²) in [7, 11) is 3.25. The number of urea groups is 1. The lowest BCUT2D eigenvalue weighted by atomic mass is 10.1. The number of carbonyl (C=O) groups is 1. The highest BCUT2D eigenvalue weighted by atomic mass is 16.5. The van der Waals surface area contributed by atoms with E-state index >= 15 is 0 Å². The van der Waals surface area contributed by atoms with Crippen LogP contribution in [0.3, 0.4) is 0 Å². The van der Waals surface area contributed by atoms with Gasteiger partial charge in [0.15, 0.2) is 11.5 Å². The summed E-state index contributed by atoms with van der Waals surface area (Å²) in [5, 5.41) is 6.65. The smallest absolute Gasteiger partial charge is 0.319 e. The van der Waals surface area contributed by atoms with E-state index < -0.39 is 0 Å². The van der Waals surface area contributed by atoms with Crippen LogP contribution < -0.4 is 25.0 Å². The standard InChI is InChI=1S/C35H41N5O5/c1-6-9-25(3)38-35(41)39-28-14-12-27(13-15-28)23-40(29-11-8-10-26(7-2)20-29)34-30-21-32(44-18-16-42-4)33(45-19-17-43-5)22-31(30)36-24-37-34/h2,8,10-15,20-22,24-25H,6,9,16-19,23H2,1,3-5H3,(H2,38,39,41)/t25-/m1/s1. The number of anilines is 3. The Bertz CT molecular complexity index is 1590. The van der Waals surface area contributed by atoms with Gasteiger partial charge in [-0.3, -0.25) is 0 Å². The van der Waals surface area contributed by atoms with E-state index in [0.29, 0.717) is 61.5 Å². The highest BCUT2D eigenvalue weighted by molar-refractivity contribution is 5.94. The number of carbonyl (C=O) groups excluding carboxylic acids is 1. The Morgan fingerprint density at radius 3 is 2.33 bits per heavy atom. The number of hydrogen-bond donors (Lipinski definition) is 2. The third-order valence-corrected chi connectivity index (χ3v) is 7.00. The predicted molar refractivity (Wildman–Crippen MR) is 177 cm³/mol. The molecule has 0 aliphatic heterocycles. The lowest BCUT2D eigenvalue weighted by Gasteiger charge is -2.26. The second kappa shape index (κ2) is 16.9. The van der Waals surface area contributed by atoms with E-state index in [1.165, 1.54) is 6.33 Å². The quantitative estimate of drug-likeness (QED) is 0.112. The first-order valence-electron chi connectivity index (χ1n) is 15.0. The molecule has 0 aliphatic carbocycles. The summed E-state index contributed by atoms with van der Waals surface area (Å²) in [4.78, 5) is 23.8. The van der Waals surface area contributed by atoms with Crippen LogP contribution in [0, 0.1) is 12.3 Å². The van der Waals surface area contributed by atoms with Gasteiger partial charge in [-0.15, -0.1) is 6.42 Å². The fraction of sp³-hybridized carbons (Fsp3) is 0.343. The minimum Gasteiger partial charge on any atom is -0.487 e. The zero-order valence-corrected chi connectivity index (χ0v) is 26.3. The molecular formula is C35H41N5O5. The highest BCUT2D eigenvalue weighted by Gasteiger charge is 2.19. The number of benzene rings is 3. The maximum absolute atomic E-state index is 12.4. The molecule has 10 nitrogen and oxygen atoms in total. The van der Waals surface area contributed by atoms with E-state index in [4.69, 9.17) is 30.4 Å². The number of terminal acetylenes is 1. The van der Waals surface area contributed by atoms with E-state index in [-0.39, 0.29) is 12.1 Å². The molecule has 2 amide bonds. The Balaban J connectivity index is 1.70. The number of nitrogens with one attached hydrogen (secondary N) is 2. The summed E-state index contributed by atoms with van der Waals surface area (Å²) in [5.41, 5.74) is 3.99. The SMILES string of the molecule is C#Cc1cccc(N(Cc2ccc(NC(=O)N[C@H](C)CCC)cc2)c2ncnc3cc(OCCOC)c(OCCOC)cc23)c1. The third kappa shape index (κ3) is 9.32. The lowest BCUT2D eigenvalue weighted by molar-refractivity contribution is 0.132. The topological polar surface area (TPSA) is 107 Å². The molecule has 2 N–H and O–H groups in total. The molecule has 1 heterocycles. The van der Waals surface area contributed by atoms with Gasteiger partial charge in [0, 0.05) is 55.2 Å². The van der Waals surface area contributed by atoms with Crippen molar-refractivity contribution in [1.82, 2.24) is 15.3 Å². The van der Waals surface area contributed by atoms with Crippen molar-refractivity contribution < 1.29 is 23.7 Å². The summed E-state index contributed by atoms with van der Waals surface area (Å²) in [6.45, 7) is 6.11. The van der Waals surface area contributed by atoms with Gasteiger partial charge in [-0.05, 0) is 55.3 Å². The average Bonchev–Trinajstić information content (AvgIpc) is 3.04. The number of aromatic nitrogens is 2. The van der Waals surface area contributed by atoms with Gasteiger partial charge in [0.25, 0.3) is 0 Å². The normalized spacial score (nSPS) is 11.4. The molecule has 0 fully saturated rings. The summed E-state index contributed by atoms with van der Waals surface area (Å²) in [6.07, 6.45) is 9.22. The van der Waals surface area contributed by atoms with Crippen molar-refractivity contribution in [3.63, 3.8) is 0 Å². The molecule has 4 aromatic rings. The van der Waals surface area contributed by atoms with Crippen LogP contribution >= 0.6 is 0 Å². The lowest BCUT2D eigenvalue weighted by Crippen LogP contribution is -2.35. The molecule has 10 heteroatoms. The molecule has 0 aliphatic rings. The van der Waals surface area contributed by atoms with E-state index in [9.17, 15) is 4.79 Å². The number of fused-ring (bicyclic) bond motifs is 1. The largest absolute Gasteiger partial charge is 0.487 e. The maximum atomic E-state index is 12.4. The molecule has 1 atom stereocenters. The molecule has 45 heavy (non-hydrogen) atoms. The van der Waals surface area contributed by atoms with Crippen molar-refractivity contribution >= 4 is 34.1 Å². The van der Waals surface area contributed by atoms with Crippen LogP contribution in [0.1, 0.15) is 37.8 Å². The van der Waals surface area contributed by atoms with Crippen molar-refractivity contribution in [2.75, 3.05) is 50.9 Å². The Morgan fingerprint density at radius 2 is 1.67 bits per heavy atom. The zero-order valence-electron chi connectivity index (χ0n) is 26.3. The molecular weight excluding hydrogens is 570 g/mol. The van der Waals surface area contributed by atoms with E-state index in [0.717, 1.165) is 35.0 Å². The molecule has 0 saturated carbocycles. The highest BCUT2D eigenvalue weighted by Crippen LogP contribution is 2.38. The molecule has 0 spiro atoms. The second-order valence-corrected chi connectivity index (χ2v) is 10.5. The first-order chi connectivity index (χ1) is 21.9. The average molecular weight is 612 g/mol. The Labute approximate surface area is 265 Å². The van der Waals surface area contributed by atoms with Crippen molar-refractivity contribution in [2.45, 2.75) is 39.3 Å². The molecule has 0 saturated heterocycles. The summed E-state index contributed by atoms with van der Waals surface area (Å²) < 4.78 is 22.4. The van der Waals surface area contributed by atoms with E-state index in [1.54, 1.807) is 14.2 Å². The van der Waals surface area contributed by atoms with E-state index in [1.807, 2.05) is 67.6 Å². The van der Waals surface area contributed by atoms with Crippen LogP contribution in [0.2, 0.25) is 0 Å². The van der Waals surface area contributed by atoms with Crippen LogP contribution in [0.4, 0.5) is 22.0 Å². The second-order valence-electron chi connectivity index (χ2n) is 10.5. The van der Waals surface area contributed by atoms with Crippen molar-refractivity contribution in [1.29, 1.82) is 0 Å². The van der Waals surface area contributed by atoms with Crippen LogP contribution in [-0.4, -0.2) is 62.7 Å². The minimum absolute atomic E-state index is 0.100. The maximum Gasteiger partial charge on any atom is 0.319 e. The van der Waals surface area contributed by atoms with Gasteiger partial charge in [-0.25, -0.2) is 14.8 Å². The van der Waals surface area contributed by atoms with Crippen molar-refractivity contribution in [3.05, 3.63) is 78.1 Å². The van der Waals surface area contributed by atoms with Gasteiger partial charge in [0.2, 0.25) is 0 Å². The van der Waals surface area contributed by atoms with Gasteiger partial charge in [0.1, 0.15) is 25.4 Å². The Morgan fingerprint density at radius 1 is 0.956 bits per heavy atom. The minimum atomic E-state index is -0.224. The van der Waals surface area contributed by atoms with Crippen LogP contribution in [-0.2, 0) is 16.0 Å².